The van der Waals surface area contributed by atoms with Gasteiger partial charge in [0.15, 0.2) is 0 Å². The minimum atomic E-state index is -0.411. The van der Waals surface area contributed by atoms with Crippen LogP contribution in [0.15, 0.2) is 67.0 Å². The van der Waals surface area contributed by atoms with E-state index in [4.69, 9.17) is 4.74 Å². The molecule has 0 spiro atoms. The molecule has 144 valence electrons. The molecule has 1 aromatic heterocycles. The molecule has 4 nitrogen and oxygen atoms in total. The predicted molar refractivity (Wildman–Crippen MR) is 114 cm³/mol. The lowest BCUT2D eigenvalue weighted by atomic mass is 9.98. The van der Waals surface area contributed by atoms with Crippen molar-refractivity contribution >= 4 is 6.09 Å². The van der Waals surface area contributed by atoms with Crippen molar-refractivity contribution in [1.29, 1.82) is 0 Å². The molecule has 0 atom stereocenters. The Bertz CT molecular complexity index is 1050. The van der Waals surface area contributed by atoms with E-state index in [2.05, 4.69) is 46.4 Å². The van der Waals surface area contributed by atoms with Crippen LogP contribution in [0.1, 0.15) is 34.6 Å². The second-order valence-electron chi connectivity index (χ2n) is 6.99. The largest absolute Gasteiger partial charge is 0.449 e. The van der Waals surface area contributed by atoms with Gasteiger partial charge in [-0.05, 0) is 40.8 Å². The highest BCUT2D eigenvalue weighted by molar-refractivity contribution is 5.79. The Morgan fingerprint density at radius 2 is 1.76 bits per heavy atom. The molecule has 1 aliphatic rings. The van der Waals surface area contributed by atoms with Crippen molar-refractivity contribution in [3.8, 4) is 23.0 Å². The summed E-state index contributed by atoms with van der Waals surface area (Å²) in [6.45, 7) is 2.77. The van der Waals surface area contributed by atoms with Gasteiger partial charge in [-0.3, -0.25) is 4.98 Å². The SMILES string of the molecule is Cc1ccncc1C#CCCNC(=O)OCC1c2ccccc2-c2ccccc21. The average Bonchev–Trinajstić information content (AvgIpc) is 3.07. The van der Waals surface area contributed by atoms with Gasteiger partial charge in [0.2, 0.25) is 0 Å². The molecule has 0 unspecified atom stereocenters. The van der Waals surface area contributed by atoms with Gasteiger partial charge >= 0.3 is 6.09 Å². The van der Waals surface area contributed by atoms with Crippen molar-refractivity contribution in [2.24, 2.45) is 0 Å². The number of carbonyl (C=O) groups excluding carboxylic acids is 1. The normalized spacial score (nSPS) is 11.8. The number of aromatic nitrogens is 1. The van der Waals surface area contributed by atoms with E-state index < -0.39 is 6.09 Å². The van der Waals surface area contributed by atoms with Gasteiger partial charge in [0.1, 0.15) is 6.61 Å². The average molecular weight is 382 g/mol. The second-order valence-corrected chi connectivity index (χ2v) is 6.99. The Balaban J connectivity index is 1.30. The van der Waals surface area contributed by atoms with Gasteiger partial charge in [0.05, 0.1) is 0 Å². The van der Waals surface area contributed by atoms with Crippen molar-refractivity contribution in [1.82, 2.24) is 10.3 Å². The molecular formula is C25H22N2O2. The summed E-state index contributed by atoms with van der Waals surface area (Å²) in [4.78, 5) is 16.2. The van der Waals surface area contributed by atoms with Gasteiger partial charge in [0, 0.05) is 36.8 Å². The molecule has 0 bridgehead atoms. The number of amides is 1. The molecule has 4 heteroatoms. The molecular weight excluding hydrogens is 360 g/mol. The Hall–Kier alpha value is -3.58. The lowest BCUT2D eigenvalue weighted by Gasteiger charge is -2.14. The predicted octanol–water partition coefficient (Wildman–Crippen LogP) is 4.67. The molecule has 0 fully saturated rings. The third-order valence-corrected chi connectivity index (χ3v) is 5.13. The maximum absolute atomic E-state index is 12.1. The molecule has 3 aromatic rings. The summed E-state index contributed by atoms with van der Waals surface area (Å²) < 4.78 is 5.52. The van der Waals surface area contributed by atoms with E-state index in [0.717, 1.165) is 11.1 Å². The monoisotopic (exact) mass is 382 g/mol. The number of nitrogens with zero attached hydrogens (tertiary/aromatic N) is 1. The van der Waals surface area contributed by atoms with Crippen LogP contribution in [0.4, 0.5) is 4.79 Å². The van der Waals surface area contributed by atoms with Crippen LogP contribution in [0.2, 0.25) is 0 Å². The van der Waals surface area contributed by atoms with Gasteiger partial charge in [-0.25, -0.2) is 4.79 Å². The van der Waals surface area contributed by atoms with Crippen LogP contribution in [0.5, 0.6) is 0 Å². The van der Waals surface area contributed by atoms with E-state index >= 15 is 0 Å². The van der Waals surface area contributed by atoms with Gasteiger partial charge in [0.25, 0.3) is 0 Å². The van der Waals surface area contributed by atoms with Crippen LogP contribution in [-0.4, -0.2) is 24.2 Å². The van der Waals surface area contributed by atoms with Gasteiger partial charge < -0.3 is 10.1 Å². The second kappa shape index (κ2) is 8.62. The third kappa shape index (κ3) is 4.14. The Kier molecular flexibility index (Phi) is 5.58. The first-order chi connectivity index (χ1) is 14.2. The summed E-state index contributed by atoms with van der Waals surface area (Å²) >= 11 is 0. The number of benzene rings is 2. The summed E-state index contributed by atoms with van der Waals surface area (Å²) in [5.41, 5.74) is 6.86. The number of hydrogen-bond acceptors (Lipinski definition) is 3. The first-order valence-electron chi connectivity index (χ1n) is 9.72. The van der Waals surface area contributed by atoms with Crippen molar-refractivity contribution in [3.63, 3.8) is 0 Å². The van der Waals surface area contributed by atoms with Crippen LogP contribution >= 0.6 is 0 Å². The molecule has 0 radical (unpaired) electrons. The quantitative estimate of drug-likeness (QED) is 0.527. The number of carbonyl (C=O) groups is 1. The highest BCUT2D eigenvalue weighted by atomic mass is 16.5. The lowest BCUT2D eigenvalue weighted by Crippen LogP contribution is -2.26. The number of hydrogen-bond donors (Lipinski definition) is 1. The minimum absolute atomic E-state index is 0.0708. The van der Waals surface area contributed by atoms with Gasteiger partial charge in [-0.1, -0.05) is 60.4 Å². The fourth-order valence-corrected chi connectivity index (χ4v) is 3.63. The zero-order chi connectivity index (χ0) is 20.1. The molecule has 1 heterocycles. The topological polar surface area (TPSA) is 51.2 Å². The van der Waals surface area contributed by atoms with Crippen LogP contribution in [0.25, 0.3) is 11.1 Å². The minimum Gasteiger partial charge on any atom is -0.449 e. The first-order valence-corrected chi connectivity index (χ1v) is 9.72. The molecule has 4 rings (SSSR count). The number of rotatable bonds is 4. The first kappa shape index (κ1) is 18.8. The molecule has 1 N–H and O–H groups in total. The van der Waals surface area contributed by atoms with E-state index in [1.54, 1.807) is 12.4 Å². The Morgan fingerprint density at radius 1 is 1.07 bits per heavy atom. The maximum Gasteiger partial charge on any atom is 0.407 e. The smallest absolute Gasteiger partial charge is 0.407 e. The van der Waals surface area contributed by atoms with Crippen LogP contribution in [0, 0.1) is 18.8 Å². The van der Waals surface area contributed by atoms with E-state index in [1.807, 2.05) is 37.3 Å². The summed E-state index contributed by atoms with van der Waals surface area (Å²) in [7, 11) is 0. The number of nitrogens with one attached hydrogen (secondary N) is 1. The number of aryl methyl sites for hydroxylation is 1. The van der Waals surface area contributed by atoms with Gasteiger partial charge in [-0.2, -0.15) is 0 Å². The van der Waals surface area contributed by atoms with Crippen LogP contribution < -0.4 is 5.32 Å². The number of ether oxygens (including phenoxy) is 1. The van der Waals surface area contributed by atoms with Crippen molar-refractivity contribution in [3.05, 3.63) is 89.2 Å². The van der Waals surface area contributed by atoms with E-state index in [1.165, 1.54) is 22.3 Å². The standard InChI is InChI=1S/C25H22N2O2/c1-18-13-15-26-16-19(18)8-6-7-14-27-25(28)29-17-24-22-11-4-2-9-20(22)21-10-3-5-12-23(21)24/h2-5,9-13,15-16,24H,7,14,17H2,1H3,(H,27,28). The third-order valence-electron chi connectivity index (χ3n) is 5.13. The fraction of sp³-hybridized carbons (Fsp3) is 0.200. The molecule has 29 heavy (non-hydrogen) atoms. The van der Waals surface area contributed by atoms with E-state index in [0.29, 0.717) is 19.6 Å². The fourth-order valence-electron chi connectivity index (χ4n) is 3.63. The summed E-state index contributed by atoms with van der Waals surface area (Å²) in [6.07, 6.45) is 3.64. The highest BCUT2D eigenvalue weighted by Gasteiger charge is 2.28. The van der Waals surface area contributed by atoms with Crippen molar-refractivity contribution in [2.75, 3.05) is 13.2 Å². The lowest BCUT2D eigenvalue weighted by molar-refractivity contribution is 0.143. The molecule has 2 aromatic carbocycles. The highest BCUT2D eigenvalue weighted by Crippen LogP contribution is 2.44. The van der Waals surface area contributed by atoms with Crippen LogP contribution in [-0.2, 0) is 4.74 Å². The molecule has 1 aliphatic carbocycles. The number of pyridine rings is 1. The van der Waals surface area contributed by atoms with E-state index in [9.17, 15) is 4.79 Å². The molecule has 0 saturated heterocycles. The number of alkyl carbamates (subject to hydrolysis) is 1. The van der Waals surface area contributed by atoms with Crippen LogP contribution in [0.3, 0.4) is 0 Å². The maximum atomic E-state index is 12.1. The Morgan fingerprint density at radius 3 is 2.45 bits per heavy atom. The molecule has 0 saturated carbocycles. The number of fused-ring (bicyclic) bond motifs is 3. The van der Waals surface area contributed by atoms with Gasteiger partial charge in [-0.15, -0.1) is 0 Å². The zero-order valence-electron chi connectivity index (χ0n) is 16.3. The Labute approximate surface area is 171 Å². The molecule has 0 aliphatic heterocycles. The zero-order valence-corrected chi connectivity index (χ0v) is 16.3. The van der Waals surface area contributed by atoms with Crippen molar-refractivity contribution in [2.45, 2.75) is 19.3 Å². The summed E-state index contributed by atoms with van der Waals surface area (Å²) in [5, 5.41) is 2.78. The summed E-state index contributed by atoms with van der Waals surface area (Å²) in [6, 6.07) is 18.5. The van der Waals surface area contributed by atoms with Crippen molar-refractivity contribution < 1.29 is 9.53 Å². The molecule has 1 amide bonds. The summed E-state index contributed by atoms with van der Waals surface area (Å²) in [5.74, 6) is 6.21. The van der Waals surface area contributed by atoms with E-state index in [-0.39, 0.29) is 5.92 Å².